The third-order valence-electron chi connectivity index (χ3n) is 3.88. The van der Waals surface area contributed by atoms with Crippen molar-refractivity contribution in [3.05, 3.63) is 24.3 Å². The van der Waals surface area contributed by atoms with Gasteiger partial charge in [0.15, 0.2) is 0 Å². The van der Waals surface area contributed by atoms with Crippen LogP contribution in [0.15, 0.2) is 24.3 Å². The molecular formula is C18H24N2O4. The van der Waals surface area contributed by atoms with Crippen molar-refractivity contribution in [3.63, 3.8) is 0 Å². The molecule has 0 spiro atoms. The Balaban J connectivity index is 2.81. The van der Waals surface area contributed by atoms with Crippen molar-refractivity contribution in [1.82, 2.24) is 0 Å². The summed E-state index contributed by atoms with van der Waals surface area (Å²) in [6.45, 7) is 5.97. The van der Waals surface area contributed by atoms with Gasteiger partial charge in [0.2, 0.25) is 0 Å². The lowest BCUT2D eigenvalue weighted by Gasteiger charge is -2.18. The standard InChI is InChI=1S/C18H24N2O4/c1-11(21)15(12(2)22)9-19-17-7-5-6-8-18(17)20-10-16(13(3)23)14(4)24/h5-8,15-16,19-20H,9-10H2,1-4H3. The van der Waals surface area contributed by atoms with Gasteiger partial charge < -0.3 is 10.6 Å². The Morgan fingerprint density at radius 1 is 0.708 bits per heavy atom. The van der Waals surface area contributed by atoms with Crippen LogP contribution in [0, 0.1) is 11.8 Å². The summed E-state index contributed by atoms with van der Waals surface area (Å²) in [6.07, 6.45) is 0. The van der Waals surface area contributed by atoms with Crippen molar-refractivity contribution in [2.45, 2.75) is 27.7 Å². The number of carbonyl (C=O) groups is 4. The number of nitrogens with one attached hydrogen (secondary N) is 2. The van der Waals surface area contributed by atoms with Crippen LogP contribution in [0.4, 0.5) is 11.4 Å². The van der Waals surface area contributed by atoms with E-state index < -0.39 is 11.8 Å². The zero-order valence-corrected chi connectivity index (χ0v) is 14.5. The van der Waals surface area contributed by atoms with E-state index in [4.69, 9.17) is 0 Å². The SMILES string of the molecule is CC(=O)C(CNc1ccccc1NCC(C(C)=O)C(C)=O)C(C)=O. The average molecular weight is 332 g/mol. The molecule has 0 fully saturated rings. The van der Waals surface area contributed by atoms with Crippen molar-refractivity contribution in [2.75, 3.05) is 23.7 Å². The Bertz CT molecular complexity index is 557. The second-order valence-electron chi connectivity index (χ2n) is 5.86. The molecule has 0 bridgehead atoms. The van der Waals surface area contributed by atoms with E-state index in [1.807, 2.05) is 12.1 Å². The van der Waals surface area contributed by atoms with Crippen molar-refractivity contribution < 1.29 is 19.2 Å². The van der Waals surface area contributed by atoms with E-state index in [2.05, 4.69) is 10.6 Å². The molecule has 0 aliphatic carbocycles. The summed E-state index contributed by atoms with van der Waals surface area (Å²) in [6, 6.07) is 7.24. The zero-order valence-electron chi connectivity index (χ0n) is 14.5. The van der Waals surface area contributed by atoms with Crippen molar-refractivity contribution >= 4 is 34.5 Å². The lowest BCUT2D eigenvalue weighted by molar-refractivity contribution is -0.131. The molecule has 6 heteroatoms. The third kappa shape index (κ3) is 5.61. The number of Topliss-reactive ketones (excluding diaryl/α,β-unsaturated/α-hetero) is 4. The van der Waals surface area contributed by atoms with Gasteiger partial charge in [-0.3, -0.25) is 19.2 Å². The predicted molar refractivity (Wildman–Crippen MR) is 93.1 cm³/mol. The molecule has 0 aromatic heterocycles. The highest BCUT2D eigenvalue weighted by molar-refractivity contribution is 6.01. The Labute approximate surface area is 142 Å². The monoisotopic (exact) mass is 332 g/mol. The number of anilines is 2. The Morgan fingerprint density at radius 3 is 1.25 bits per heavy atom. The van der Waals surface area contributed by atoms with Gasteiger partial charge in [0, 0.05) is 13.1 Å². The molecule has 1 aromatic carbocycles. The van der Waals surface area contributed by atoms with Gasteiger partial charge >= 0.3 is 0 Å². The quantitative estimate of drug-likeness (QED) is 0.638. The maximum absolute atomic E-state index is 11.5. The largest absolute Gasteiger partial charge is 0.382 e. The normalized spacial score (nSPS) is 10.6. The molecule has 2 N–H and O–H groups in total. The predicted octanol–water partition coefficient (Wildman–Crippen LogP) is 2.10. The van der Waals surface area contributed by atoms with Crippen LogP contribution in [0.1, 0.15) is 27.7 Å². The number of para-hydroxylation sites is 2. The average Bonchev–Trinajstić information content (AvgIpc) is 2.47. The number of rotatable bonds is 10. The van der Waals surface area contributed by atoms with E-state index in [9.17, 15) is 19.2 Å². The molecule has 0 aliphatic rings. The molecule has 1 rings (SSSR count). The van der Waals surface area contributed by atoms with Gasteiger partial charge in [-0.15, -0.1) is 0 Å². The summed E-state index contributed by atoms with van der Waals surface area (Å²) in [5.41, 5.74) is 1.41. The van der Waals surface area contributed by atoms with Gasteiger partial charge in [0.05, 0.1) is 23.2 Å². The first kappa shape index (κ1) is 19.5. The topological polar surface area (TPSA) is 92.3 Å². The minimum absolute atomic E-state index is 0.186. The highest BCUT2D eigenvalue weighted by Gasteiger charge is 2.21. The lowest BCUT2D eigenvalue weighted by Crippen LogP contribution is -2.29. The van der Waals surface area contributed by atoms with Crippen molar-refractivity contribution in [2.24, 2.45) is 11.8 Å². The molecule has 0 atom stereocenters. The van der Waals surface area contributed by atoms with E-state index in [-0.39, 0.29) is 36.2 Å². The zero-order chi connectivity index (χ0) is 18.3. The van der Waals surface area contributed by atoms with Crippen LogP contribution in [0.25, 0.3) is 0 Å². The van der Waals surface area contributed by atoms with Gasteiger partial charge in [-0.05, 0) is 39.8 Å². The van der Waals surface area contributed by atoms with Crippen LogP contribution in [-0.2, 0) is 19.2 Å². The fraction of sp³-hybridized carbons (Fsp3) is 0.444. The highest BCUT2D eigenvalue weighted by atomic mass is 16.2. The first-order chi connectivity index (χ1) is 11.2. The van der Waals surface area contributed by atoms with Crippen molar-refractivity contribution in [3.8, 4) is 0 Å². The van der Waals surface area contributed by atoms with Crippen LogP contribution >= 0.6 is 0 Å². The Kier molecular flexibility index (Phi) is 7.30. The molecule has 6 nitrogen and oxygen atoms in total. The van der Waals surface area contributed by atoms with E-state index in [1.54, 1.807) is 12.1 Å². The van der Waals surface area contributed by atoms with Gasteiger partial charge in [-0.25, -0.2) is 0 Å². The first-order valence-electron chi connectivity index (χ1n) is 7.82. The van der Waals surface area contributed by atoms with Gasteiger partial charge in [0.25, 0.3) is 0 Å². The molecule has 0 saturated heterocycles. The molecule has 0 aliphatic heterocycles. The first-order valence-corrected chi connectivity index (χ1v) is 7.82. The summed E-state index contributed by atoms with van der Waals surface area (Å²) in [7, 11) is 0. The van der Waals surface area contributed by atoms with Crippen molar-refractivity contribution in [1.29, 1.82) is 0 Å². The molecule has 24 heavy (non-hydrogen) atoms. The second-order valence-corrected chi connectivity index (χ2v) is 5.86. The molecule has 1 aromatic rings. The third-order valence-corrected chi connectivity index (χ3v) is 3.88. The van der Waals surface area contributed by atoms with Crippen LogP contribution < -0.4 is 10.6 Å². The maximum Gasteiger partial charge on any atom is 0.142 e. The van der Waals surface area contributed by atoms with E-state index in [0.717, 1.165) is 0 Å². The smallest absolute Gasteiger partial charge is 0.142 e. The maximum atomic E-state index is 11.5. The Hall–Kier alpha value is -2.50. The minimum atomic E-state index is -0.694. The van der Waals surface area contributed by atoms with Crippen LogP contribution in [-0.4, -0.2) is 36.2 Å². The van der Waals surface area contributed by atoms with Crippen LogP contribution in [0.2, 0.25) is 0 Å². The fourth-order valence-electron chi connectivity index (χ4n) is 2.36. The van der Waals surface area contributed by atoms with Gasteiger partial charge in [-0.1, -0.05) is 12.1 Å². The lowest BCUT2D eigenvalue weighted by atomic mass is 10.0. The summed E-state index contributed by atoms with van der Waals surface area (Å²) in [5.74, 6) is -2.13. The molecule has 0 saturated carbocycles. The number of hydrogen-bond acceptors (Lipinski definition) is 6. The minimum Gasteiger partial charge on any atom is -0.382 e. The summed E-state index contributed by atoms with van der Waals surface area (Å²) >= 11 is 0. The highest BCUT2D eigenvalue weighted by Crippen LogP contribution is 2.22. The molecule has 0 radical (unpaired) electrons. The summed E-state index contributed by atoms with van der Waals surface area (Å²) < 4.78 is 0. The molecule has 0 heterocycles. The van der Waals surface area contributed by atoms with E-state index in [0.29, 0.717) is 11.4 Å². The number of carbonyl (C=O) groups excluding carboxylic acids is 4. The van der Waals surface area contributed by atoms with E-state index in [1.165, 1.54) is 27.7 Å². The molecule has 0 unspecified atom stereocenters. The van der Waals surface area contributed by atoms with E-state index >= 15 is 0 Å². The summed E-state index contributed by atoms with van der Waals surface area (Å²) in [5, 5.41) is 6.17. The number of ketones is 4. The second kappa shape index (κ2) is 8.96. The fourth-order valence-corrected chi connectivity index (χ4v) is 2.36. The molecular weight excluding hydrogens is 308 g/mol. The Morgan fingerprint density at radius 2 is 1.00 bits per heavy atom. The van der Waals surface area contributed by atoms with Gasteiger partial charge in [-0.2, -0.15) is 0 Å². The molecule has 130 valence electrons. The van der Waals surface area contributed by atoms with Crippen LogP contribution in [0.5, 0.6) is 0 Å². The van der Waals surface area contributed by atoms with Gasteiger partial charge in [0.1, 0.15) is 23.1 Å². The number of benzene rings is 1. The summed E-state index contributed by atoms with van der Waals surface area (Å²) in [4.78, 5) is 46.0. The number of hydrogen-bond donors (Lipinski definition) is 2. The van der Waals surface area contributed by atoms with Crippen LogP contribution in [0.3, 0.4) is 0 Å². The molecule has 0 amide bonds.